The molecule has 106 valence electrons. The van der Waals surface area contributed by atoms with Gasteiger partial charge in [0.1, 0.15) is 0 Å². The normalized spacial score (nSPS) is 17.1. The maximum Gasteiger partial charge on any atom is 0.0651 e. The zero-order valence-corrected chi connectivity index (χ0v) is 12.3. The summed E-state index contributed by atoms with van der Waals surface area (Å²) < 4.78 is 0. The fourth-order valence-electron chi connectivity index (χ4n) is 3.09. The minimum Gasteiger partial charge on any atom is -0.309 e. The second-order valence-corrected chi connectivity index (χ2v) is 5.96. The van der Waals surface area contributed by atoms with E-state index in [4.69, 9.17) is 4.98 Å². The van der Waals surface area contributed by atoms with Crippen LogP contribution in [0.4, 0.5) is 0 Å². The second kappa shape index (κ2) is 6.36. The van der Waals surface area contributed by atoms with Gasteiger partial charge in [-0.05, 0) is 36.8 Å². The summed E-state index contributed by atoms with van der Waals surface area (Å²) in [7, 11) is 0. The molecule has 1 fully saturated rings. The largest absolute Gasteiger partial charge is 0.309 e. The Labute approximate surface area is 121 Å². The minimum absolute atomic E-state index is 0.409. The summed E-state index contributed by atoms with van der Waals surface area (Å²) in [6.07, 6.45) is 8.57. The molecule has 1 saturated carbocycles. The van der Waals surface area contributed by atoms with Crippen molar-refractivity contribution in [3.05, 3.63) is 42.2 Å². The molecule has 2 nitrogen and oxygen atoms in total. The third-order valence-electron chi connectivity index (χ3n) is 4.47. The number of fused-ring (bicyclic) bond motifs is 1. The van der Waals surface area contributed by atoms with Crippen LogP contribution in [0.15, 0.2) is 36.5 Å². The standard InChI is InChI=1S/C18H24N2/c1-2-11-19-17(13-14-6-5-7-14)18-16-9-4-3-8-15(16)10-12-20-18/h3-4,8-10,12,14,17,19H,2,5-7,11,13H2,1H3. The molecule has 2 aromatic rings. The summed E-state index contributed by atoms with van der Waals surface area (Å²) in [5.41, 5.74) is 1.24. The molecule has 20 heavy (non-hydrogen) atoms. The van der Waals surface area contributed by atoms with Gasteiger partial charge < -0.3 is 5.32 Å². The van der Waals surface area contributed by atoms with E-state index in [0.29, 0.717) is 6.04 Å². The lowest BCUT2D eigenvalue weighted by molar-refractivity contribution is 0.260. The maximum absolute atomic E-state index is 4.71. The lowest BCUT2D eigenvalue weighted by Gasteiger charge is -2.30. The van der Waals surface area contributed by atoms with E-state index in [1.165, 1.54) is 48.6 Å². The van der Waals surface area contributed by atoms with Gasteiger partial charge >= 0.3 is 0 Å². The van der Waals surface area contributed by atoms with Crippen molar-refractivity contribution in [3.8, 4) is 0 Å². The van der Waals surface area contributed by atoms with Crippen LogP contribution >= 0.6 is 0 Å². The molecule has 1 aromatic carbocycles. The molecule has 2 heteroatoms. The first-order valence-electron chi connectivity index (χ1n) is 7.95. The van der Waals surface area contributed by atoms with Crippen molar-refractivity contribution in [2.24, 2.45) is 5.92 Å². The fourth-order valence-corrected chi connectivity index (χ4v) is 3.09. The summed E-state index contributed by atoms with van der Waals surface area (Å²) >= 11 is 0. The number of hydrogen-bond donors (Lipinski definition) is 1. The Morgan fingerprint density at radius 1 is 1.25 bits per heavy atom. The van der Waals surface area contributed by atoms with Crippen LogP contribution in [0, 0.1) is 5.92 Å². The molecule has 0 aliphatic heterocycles. The zero-order valence-electron chi connectivity index (χ0n) is 12.3. The number of benzene rings is 1. The lowest BCUT2D eigenvalue weighted by atomic mass is 9.80. The van der Waals surface area contributed by atoms with Crippen molar-refractivity contribution in [2.75, 3.05) is 6.54 Å². The third-order valence-corrected chi connectivity index (χ3v) is 4.47. The Morgan fingerprint density at radius 3 is 2.85 bits per heavy atom. The Kier molecular flexibility index (Phi) is 4.31. The Balaban J connectivity index is 1.90. The van der Waals surface area contributed by atoms with Crippen LogP contribution in [0.25, 0.3) is 10.8 Å². The van der Waals surface area contributed by atoms with Gasteiger partial charge in [-0.2, -0.15) is 0 Å². The van der Waals surface area contributed by atoms with E-state index < -0.39 is 0 Å². The average molecular weight is 268 g/mol. The van der Waals surface area contributed by atoms with Crippen LogP contribution in [-0.2, 0) is 0 Å². The number of hydrogen-bond acceptors (Lipinski definition) is 2. The summed E-state index contributed by atoms with van der Waals surface area (Å²) in [6.45, 7) is 3.30. The van der Waals surface area contributed by atoms with Crippen LogP contribution in [-0.4, -0.2) is 11.5 Å². The van der Waals surface area contributed by atoms with E-state index in [1.807, 2.05) is 6.20 Å². The summed E-state index contributed by atoms with van der Waals surface area (Å²) in [5.74, 6) is 0.894. The quantitative estimate of drug-likeness (QED) is 0.836. The fraction of sp³-hybridized carbons (Fsp3) is 0.500. The van der Waals surface area contributed by atoms with Crippen LogP contribution in [0.3, 0.4) is 0 Å². The van der Waals surface area contributed by atoms with E-state index >= 15 is 0 Å². The van der Waals surface area contributed by atoms with Gasteiger partial charge in [0.2, 0.25) is 0 Å². The number of nitrogens with one attached hydrogen (secondary N) is 1. The molecule has 3 rings (SSSR count). The van der Waals surface area contributed by atoms with Crippen molar-refractivity contribution in [1.82, 2.24) is 10.3 Å². The first kappa shape index (κ1) is 13.6. The molecular weight excluding hydrogens is 244 g/mol. The molecular formula is C18H24N2. The van der Waals surface area contributed by atoms with Crippen molar-refractivity contribution < 1.29 is 0 Å². The first-order chi connectivity index (χ1) is 9.88. The topological polar surface area (TPSA) is 24.9 Å². The Hall–Kier alpha value is -1.41. The van der Waals surface area contributed by atoms with Crippen molar-refractivity contribution in [3.63, 3.8) is 0 Å². The van der Waals surface area contributed by atoms with Gasteiger partial charge in [-0.25, -0.2) is 0 Å². The molecule has 0 saturated heterocycles. The minimum atomic E-state index is 0.409. The molecule has 1 aliphatic rings. The molecule has 0 bridgehead atoms. The van der Waals surface area contributed by atoms with Crippen molar-refractivity contribution >= 4 is 10.8 Å². The number of aromatic nitrogens is 1. The highest BCUT2D eigenvalue weighted by atomic mass is 14.9. The first-order valence-corrected chi connectivity index (χ1v) is 7.95. The van der Waals surface area contributed by atoms with Crippen molar-refractivity contribution in [2.45, 2.75) is 45.1 Å². The molecule has 0 amide bonds. The third kappa shape index (κ3) is 2.85. The molecule has 1 N–H and O–H groups in total. The SMILES string of the molecule is CCCNC(CC1CCC1)c1nccc2ccccc12. The van der Waals surface area contributed by atoms with E-state index in [1.54, 1.807) is 0 Å². The van der Waals surface area contributed by atoms with Gasteiger partial charge in [-0.15, -0.1) is 0 Å². The molecule has 1 atom stereocenters. The van der Waals surface area contributed by atoms with Crippen molar-refractivity contribution in [1.29, 1.82) is 0 Å². The molecule has 1 heterocycles. The predicted octanol–water partition coefficient (Wildman–Crippen LogP) is 4.47. The van der Waals surface area contributed by atoms with E-state index in [9.17, 15) is 0 Å². The van der Waals surface area contributed by atoms with Gasteiger partial charge in [-0.3, -0.25) is 4.98 Å². The highest BCUT2D eigenvalue weighted by Gasteiger charge is 2.24. The maximum atomic E-state index is 4.71. The van der Waals surface area contributed by atoms with Gasteiger partial charge in [0, 0.05) is 11.6 Å². The smallest absolute Gasteiger partial charge is 0.0651 e. The van der Waals surface area contributed by atoms with Crippen LogP contribution in [0.5, 0.6) is 0 Å². The number of nitrogens with zero attached hydrogens (tertiary/aromatic N) is 1. The van der Waals surface area contributed by atoms with Crippen LogP contribution < -0.4 is 5.32 Å². The van der Waals surface area contributed by atoms with E-state index in [-0.39, 0.29) is 0 Å². The summed E-state index contributed by atoms with van der Waals surface area (Å²) in [6, 6.07) is 11.1. The number of rotatable bonds is 6. The highest BCUT2D eigenvalue weighted by Crippen LogP contribution is 2.35. The predicted molar refractivity (Wildman–Crippen MR) is 84.7 cm³/mol. The number of pyridine rings is 1. The van der Waals surface area contributed by atoms with Gasteiger partial charge in [0.25, 0.3) is 0 Å². The Morgan fingerprint density at radius 2 is 2.10 bits per heavy atom. The van der Waals surface area contributed by atoms with E-state index in [0.717, 1.165) is 12.5 Å². The van der Waals surface area contributed by atoms with E-state index in [2.05, 4.69) is 42.6 Å². The average Bonchev–Trinajstić information content (AvgIpc) is 2.45. The molecule has 0 radical (unpaired) electrons. The van der Waals surface area contributed by atoms with Gasteiger partial charge in [0.05, 0.1) is 11.7 Å². The molecule has 1 aliphatic carbocycles. The highest BCUT2D eigenvalue weighted by molar-refractivity contribution is 5.84. The van der Waals surface area contributed by atoms with Crippen LogP contribution in [0.2, 0.25) is 0 Å². The summed E-state index contributed by atoms with van der Waals surface area (Å²) in [5, 5.41) is 6.32. The molecule has 0 spiro atoms. The summed E-state index contributed by atoms with van der Waals surface area (Å²) in [4.78, 5) is 4.71. The molecule has 1 unspecified atom stereocenters. The zero-order chi connectivity index (χ0) is 13.8. The second-order valence-electron chi connectivity index (χ2n) is 5.96. The monoisotopic (exact) mass is 268 g/mol. The molecule has 1 aromatic heterocycles. The lowest BCUT2D eigenvalue weighted by Crippen LogP contribution is -2.27. The van der Waals surface area contributed by atoms with Gasteiger partial charge in [0.15, 0.2) is 0 Å². The Bertz CT molecular complexity index is 555. The van der Waals surface area contributed by atoms with Crippen LogP contribution in [0.1, 0.15) is 50.8 Å². The van der Waals surface area contributed by atoms with Gasteiger partial charge in [-0.1, -0.05) is 50.5 Å².